The molecule has 0 radical (unpaired) electrons. The fourth-order valence-corrected chi connectivity index (χ4v) is 2.36. The Balaban J connectivity index is 0.00000225. The molecule has 3 aromatic rings. The summed E-state index contributed by atoms with van der Waals surface area (Å²) in [6.45, 7) is -0.132. The number of ether oxygens (including phenoxy) is 1. The summed E-state index contributed by atoms with van der Waals surface area (Å²) in [6, 6.07) is 17.0. The predicted molar refractivity (Wildman–Crippen MR) is 101 cm³/mol. The van der Waals surface area contributed by atoms with Gasteiger partial charge < -0.3 is 10.2 Å². The second-order valence-corrected chi connectivity index (χ2v) is 5.88. The molecule has 0 aliphatic carbocycles. The van der Waals surface area contributed by atoms with Crippen LogP contribution in [0.15, 0.2) is 70.4 Å². The second-order valence-electron chi connectivity index (χ2n) is 4.96. The minimum absolute atomic E-state index is 0. The summed E-state index contributed by atoms with van der Waals surface area (Å²) in [7, 11) is 0. The highest BCUT2D eigenvalue weighted by Crippen LogP contribution is 2.22. The van der Waals surface area contributed by atoms with Crippen LogP contribution in [0.4, 0.5) is 0 Å². The zero-order valence-corrected chi connectivity index (χ0v) is 14.7. The predicted octanol–water partition coefficient (Wildman–Crippen LogP) is 2.70. The van der Waals surface area contributed by atoms with Crippen LogP contribution < -0.4 is 10.2 Å². The summed E-state index contributed by atoms with van der Waals surface area (Å²) in [4.78, 5) is 16.1. The summed E-state index contributed by atoms with van der Waals surface area (Å²) in [5.41, 5.74) is 4.05. The second kappa shape index (κ2) is 8.91. The number of hydrazone groups is 1. The zero-order valence-electron chi connectivity index (χ0n) is 13.1. The molecule has 0 saturated heterocycles. The van der Waals surface area contributed by atoms with Crippen LogP contribution in [0, 0.1) is 0 Å². The number of nitrogens with one attached hydrogen (secondary N) is 1. The van der Waals surface area contributed by atoms with Gasteiger partial charge in [0.05, 0.1) is 6.21 Å². The maximum Gasteiger partial charge on any atom is 0.277 e. The molecule has 3 rings (SSSR count). The smallest absolute Gasteiger partial charge is 0.277 e. The Kier molecular flexibility index (Phi) is 6.62. The largest absolute Gasteiger partial charge is 0.481 e. The Morgan fingerprint density at radius 1 is 1.16 bits per heavy atom. The lowest BCUT2D eigenvalue weighted by atomic mass is 10.2. The van der Waals surface area contributed by atoms with Crippen LogP contribution >= 0.6 is 15.9 Å². The Labute approximate surface area is 153 Å². The Bertz CT molecular complexity index is 877. The van der Waals surface area contributed by atoms with Crippen LogP contribution in [0.3, 0.4) is 0 Å². The monoisotopic (exact) mass is 401 g/mol. The Hall–Kier alpha value is -2.77. The molecule has 0 atom stereocenters. The van der Waals surface area contributed by atoms with Crippen molar-refractivity contribution >= 4 is 39.0 Å². The van der Waals surface area contributed by atoms with Gasteiger partial charge in [-0.05, 0) is 29.8 Å². The highest BCUT2D eigenvalue weighted by molar-refractivity contribution is 9.10. The summed E-state index contributed by atoms with van der Waals surface area (Å²) in [5.74, 6) is 0.233. The van der Waals surface area contributed by atoms with Crippen molar-refractivity contribution in [2.45, 2.75) is 0 Å². The van der Waals surface area contributed by atoms with E-state index in [-0.39, 0.29) is 18.0 Å². The lowest BCUT2D eigenvalue weighted by Crippen LogP contribution is -2.24. The number of benzene rings is 2. The van der Waals surface area contributed by atoms with Crippen LogP contribution in [-0.2, 0) is 4.79 Å². The zero-order chi connectivity index (χ0) is 16.8. The topological polar surface area (TPSA) is 95.1 Å². The van der Waals surface area contributed by atoms with Gasteiger partial charge in [0, 0.05) is 16.1 Å². The first-order chi connectivity index (χ1) is 11.7. The highest BCUT2D eigenvalue weighted by atomic mass is 79.9. The third-order valence-corrected chi connectivity index (χ3v) is 3.76. The standard InChI is InChI=1S/C18H14BrN3O2.H2O/c19-15-8-6-13(7-9-15)11-21-22-17(23)12-24-16-5-1-3-14-4-2-10-20-18(14)16;/h1-11H,12H2,(H,22,23);1H2/b21-11+;. The quantitative estimate of drug-likeness (QED) is 0.525. The van der Waals surface area contributed by atoms with Crippen LogP contribution in [0.2, 0.25) is 0 Å². The molecule has 0 fully saturated rings. The number of para-hydroxylation sites is 1. The molecule has 128 valence electrons. The number of rotatable bonds is 5. The van der Waals surface area contributed by atoms with Crippen molar-refractivity contribution in [1.82, 2.24) is 10.4 Å². The van der Waals surface area contributed by atoms with E-state index in [0.717, 1.165) is 20.9 Å². The first-order valence-electron chi connectivity index (χ1n) is 7.26. The molecule has 6 nitrogen and oxygen atoms in total. The van der Waals surface area contributed by atoms with Crippen molar-refractivity contribution in [3.05, 3.63) is 70.8 Å². The van der Waals surface area contributed by atoms with Gasteiger partial charge in [-0.25, -0.2) is 5.43 Å². The number of pyridine rings is 1. The van der Waals surface area contributed by atoms with Crippen molar-refractivity contribution in [1.29, 1.82) is 0 Å². The van der Waals surface area contributed by atoms with Gasteiger partial charge in [0.2, 0.25) is 0 Å². The van der Waals surface area contributed by atoms with Crippen LogP contribution in [0.5, 0.6) is 5.75 Å². The molecule has 25 heavy (non-hydrogen) atoms. The third-order valence-electron chi connectivity index (χ3n) is 3.23. The fraction of sp³-hybridized carbons (Fsp3) is 0.0556. The van der Waals surface area contributed by atoms with Gasteiger partial charge in [-0.3, -0.25) is 9.78 Å². The minimum atomic E-state index is -0.337. The lowest BCUT2D eigenvalue weighted by molar-refractivity contribution is -0.123. The summed E-state index contributed by atoms with van der Waals surface area (Å²) < 4.78 is 6.53. The van der Waals surface area contributed by atoms with Crippen LogP contribution in [0.25, 0.3) is 10.9 Å². The summed E-state index contributed by atoms with van der Waals surface area (Å²) >= 11 is 3.36. The number of carbonyl (C=O) groups excluding carboxylic acids is 1. The Morgan fingerprint density at radius 3 is 2.72 bits per heavy atom. The molecule has 0 aliphatic rings. The molecule has 0 bridgehead atoms. The van der Waals surface area contributed by atoms with E-state index >= 15 is 0 Å². The van der Waals surface area contributed by atoms with E-state index < -0.39 is 0 Å². The maximum atomic E-state index is 11.8. The summed E-state index contributed by atoms with van der Waals surface area (Å²) in [6.07, 6.45) is 3.27. The fourth-order valence-electron chi connectivity index (χ4n) is 2.10. The van der Waals surface area contributed by atoms with Gasteiger partial charge in [-0.2, -0.15) is 5.10 Å². The number of nitrogens with zero attached hydrogens (tertiary/aromatic N) is 2. The first kappa shape index (κ1) is 18.6. The molecule has 0 saturated carbocycles. The number of carbonyl (C=O) groups is 1. The van der Waals surface area contributed by atoms with E-state index in [1.165, 1.54) is 0 Å². The van der Waals surface area contributed by atoms with Gasteiger partial charge in [-0.1, -0.05) is 46.3 Å². The van der Waals surface area contributed by atoms with Crippen LogP contribution in [-0.4, -0.2) is 29.2 Å². The molecular formula is C18H16BrN3O3. The van der Waals surface area contributed by atoms with E-state index in [4.69, 9.17) is 4.74 Å². The molecule has 0 unspecified atom stereocenters. The average molecular weight is 402 g/mol. The van der Waals surface area contributed by atoms with Gasteiger partial charge in [0.15, 0.2) is 6.61 Å². The van der Waals surface area contributed by atoms with Gasteiger partial charge >= 0.3 is 0 Å². The molecule has 7 heteroatoms. The number of aromatic nitrogens is 1. The molecule has 1 aromatic heterocycles. The van der Waals surface area contributed by atoms with Gasteiger partial charge in [0.1, 0.15) is 11.3 Å². The van der Waals surface area contributed by atoms with Crippen molar-refractivity contribution in [2.75, 3.05) is 6.61 Å². The molecular weight excluding hydrogens is 386 g/mol. The van der Waals surface area contributed by atoms with Crippen LogP contribution in [0.1, 0.15) is 5.56 Å². The van der Waals surface area contributed by atoms with E-state index in [9.17, 15) is 4.79 Å². The number of hydrogen-bond acceptors (Lipinski definition) is 4. The van der Waals surface area contributed by atoms with E-state index in [1.807, 2.05) is 48.5 Å². The minimum Gasteiger partial charge on any atom is -0.481 e. The molecule has 1 heterocycles. The number of halogens is 1. The molecule has 2 aromatic carbocycles. The average Bonchev–Trinajstić information content (AvgIpc) is 2.61. The lowest BCUT2D eigenvalue weighted by Gasteiger charge is -2.07. The van der Waals surface area contributed by atoms with E-state index in [2.05, 4.69) is 31.4 Å². The molecule has 1 amide bonds. The van der Waals surface area contributed by atoms with E-state index in [0.29, 0.717) is 5.75 Å². The van der Waals surface area contributed by atoms with Gasteiger partial charge in [0.25, 0.3) is 5.91 Å². The number of fused-ring (bicyclic) bond motifs is 1. The van der Waals surface area contributed by atoms with Crippen molar-refractivity contribution in [3.63, 3.8) is 0 Å². The van der Waals surface area contributed by atoms with E-state index in [1.54, 1.807) is 18.5 Å². The summed E-state index contributed by atoms with van der Waals surface area (Å²) in [5, 5.41) is 4.87. The van der Waals surface area contributed by atoms with Crippen molar-refractivity contribution in [2.24, 2.45) is 5.10 Å². The SMILES string of the molecule is O.O=C(COc1cccc2cccnc12)N/N=C/c1ccc(Br)cc1. The molecule has 0 spiro atoms. The van der Waals surface area contributed by atoms with Crippen molar-refractivity contribution in [3.8, 4) is 5.75 Å². The highest BCUT2D eigenvalue weighted by Gasteiger charge is 2.05. The molecule has 3 N–H and O–H groups in total. The first-order valence-corrected chi connectivity index (χ1v) is 8.06. The number of hydrogen-bond donors (Lipinski definition) is 1. The maximum absolute atomic E-state index is 11.8. The third kappa shape index (κ3) is 5.10. The number of amides is 1. The van der Waals surface area contributed by atoms with Crippen molar-refractivity contribution < 1.29 is 15.0 Å². The normalized spacial score (nSPS) is 10.4. The Morgan fingerprint density at radius 2 is 1.92 bits per heavy atom. The van der Waals surface area contributed by atoms with Gasteiger partial charge in [-0.15, -0.1) is 0 Å². The molecule has 0 aliphatic heterocycles.